The molecule has 9 nitrogen and oxygen atoms in total. The van der Waals surface area contributed by atoms with E-state index in [9.17, 15) is 4.79 Å². The van der Waals surface area contributed by atoms with E-state index >= 15 is 0 Å². The fourth-order valence-corrected chi connectivity index (χ4v) is 3.30. The molecule has 0 unspecified atom stereocenters. The number of hydrogen-bond donors (Lipinski definition) is 1. The monoisotopic (exact) mass is 407 g/mol. The lowest BCUT2D eigenvalue weighted by atomic mass is 10.1. The van der Waals surface area contributed by atoms with Crippen molar-refractivity contribution < 1.29 is 19.0 Å². The highest BCUT2D eigenvalue weighted by atomic mass is 16.5. The summed E-state index contributed by atoms with van der Waals surface area (Å²) in [6, 6.07) is 8.93. The lowest BCUT2D eigenvalue weighted by Gasteiger charge is -2.27. The number of benzene rings is 1. The van der Waals surface area contributed by atoms with Gasteiger partial charge < -0.3 is 19.5 Å². The summed E-state index contributed by atoms with van der Waals surface area (Å²) in [6.07, 6.45) is 4.34. The summed E-state index contributed by atoms with van der Waals surface area (Å²) in [5.41, 5.74) is 1.53. The van der Waals surface area contributed by atoms with Crippen LogP contribution in [0.2, 0.25) is 0 Å². The second-order valence-electron chi connectivity index (χ2n) is 6.50. The van der Waals surface area contributed by atoms with E-state index in [1.165, 1.54) is 4.90 Å². The Morgan fingerprint density at radius 2 is 1.77 bits per heavy atom. The third-order valence-electron chi connectivity index (χ3n) is 4.71. The maximum Gasteiger partial charge on any atom is 0.234 e. The van der Waals surface area contributed by atoms with Gasteiger partial charge in [0.15, 0.2) is 11.5 Å². The van der Waals surface area contributed by atoms with E-state index < -0.39 is 0 Å². The number of amides is 1. The van der Waals surface area contributed by atoms with Crippen LogP contribution in [0.5, 0.6) is 17.2 Å². The van der Waals surface area contributed by atoms with Crippen molar-refractivity contribution in [2.24, 2.45) is 0 Å². The standard InChI is InChI=1S/C21H21N5O4/c1-28-15-10-14(11-16(29-2)19(15)30-3)24-21-23-12-13-7-8-18(27)26(20(13)25-21)17-6-4-5-9-22-17/h4-6,9-12H,7-8H2,1-3H3,(H,23,24,25). The SMILES string of the molecule is COc1cc(Nc2ncc3c(n2)N(c2ccccn2)C(=O)CC3)cc(OC)c1OC. The molecule has 30 heavy (non-hydrogen) atoms. The highest BCUT2D eigenvalue weighted by molar-refractivity contribution is 6.01. The number of aryl methyl sites for hydroxylation is 1. The van der Waals surface area contributed by atoms with Crippen molar-refractivity contribution in [1.29, 1.82) is 0 Å². The average Bonchev–Trinajstić information content (AvgIpc) is 2.78. The fourth-order valence-electron chi connectivity index (χ4n) is 3.30. The molecule has 1 aliphatic rings. The Hall–Kier alpha value is -3.88. The number of carbonyl (C=O) groups excluding carboxylic acids is 1. The minimum Gasteiger partial charge on any atom is -0.493 e. The molecule has 0 bridgehead atoms. The molecular weight excluding hydrogens is 386 g/mol. The van der Waals surface area contributed by atoms with E-state index in [4.69, 9.17) is 14.2 Å². The van der Waals surface area contributed by atoms with E-state index in [2.05, 4.69) is 20.3 Å². The number of pyridine rings is 1. The summed E-state index contributed by atoms with van der Waals surface area (Å²) in [5, 5.41) is 3.15. The molecule has 154 valence electrons. The number of aromatic nitrogens is 3. The molecule has 4 rings (SSSR count). The second-order valence-corrected chi connectivity index (χ2v) is 6.50. The van der Waals surface area contributed by atoms with Gasteiger partial charge in [0.2, 0.25) is 17.6 Å². The summed E-state index contributed by atoms with van der Waals surface area (Å²) >= 11 is 0. The van der Waals surface area contributed by atoms with Gasteiger partial charge in [0.1, 0.15) is 11.6 Å². The molecule has 2 aromatic heterocycles. The van der Waals surface area contributed by atoms with Crippen LogP contribution in [0.4, 0.5) is 23.3 Å². The van der Waals surface area contributed by atoms with E-state index in [1.54, 1.807) is 58.0 Å². The first kappa shape index (κ1) is 19.4. The van der Waals surface area contributed by atoms with Crippen LogP contribution >= 0.6 is 0 Å². The number of ether oxygens (including phenoxy) is 3. The Kier molecular flexibility index (Phi) is 5.34. The van der Waals surface area contributed by atoms with Gasteiger partial charge >= 0.3 is 0 Å². The Labute approximate surface area is 173 Å². The quantitative estimate of drug-likeness (QED) is 0.665. The number of fused-ring (bicyclic) bond motifs is 1. The molecule has 3 aromatic rings. The van der Waals surface area contributed by atoms with Crippen molar-refractivity contribution >= 4 is 29.2 Å². The van der Waals surface area contributed by atoms with E-state index in [0.29, 0.717) is 53.4 Å². The molecular formula is C21H21N5O4. The topological polar surface area (TPSA) is 98.7 Å². The first-order valence-corrected chi connectivity index (χ1v) is 9.31. The minimum atomic E-state index is -0.0568. The van der Waals surface area contributed by atoms with Gasteiger partial charge in [-0.25, -0.2) is 14.9 Å². The zero-order chi connectivity index (χ0) is 21.1. The summed E-state index contributed by atoms with van der Waals surface area (Å²) in [7, 11) is 4.64. The Balaban J connectivity index is 1.71. The Morgan fingerprint density at radius 1 is 1.00 bits per heavy atom. The van der Waals surface area contributed by atoms with Crippen molar-refractivity contribution in [3.8, 4) is 17.2 Å². The molecule has 9 heteroatoms. The number of nitrogens with zero attached hydrogens (tertiary/aromatic N) is 4. The molecule has 1 amide bonds. The van der Waals surface area contributed by atoms with Gasteiger partial charge in [-0.1, -0.05) is 6.07 Å². The summed E-state index contributed by atoms with van der Waals surface area (Å²) in [5.74, 6) is 2.82. The van der Waals surface area contributed by atoms with Crippen LogP contribution in [0.25, 0.3) is 0 Å². The first-order valence-electron chi connectivity index (χ1n) is 9.31. The highest BCUT2D eigenvalue weighted by Crippen LogP contribution is 2.40. The van der Waals surface area contributed by atoms with Gasteiger partial charge in [-0.3, -0.25) is 4.79 Å². The molecule has 1 aromatic carbocycles. The predicted molar refractivity (Wildman–Crippen MR) is 111 cm³/mol. The van der Waals surface area contributed by atoms with Crippen LogP contribution in [0.15, 0.2) is 42.7 Å². The Bertz CT molecular complexity index is 1050. The van der Waals surface area contributed by atoms with Crippen LogP contribution in [0.1, 0.15) is 12.0 Å². The predicted octanol–water partition coefficient (Wildman–Crippen LogP) is 3.25. The molecule has 0 aliphatic carbocycles. The van der Waals surface area contributed by atoms with Gasteiger partial charge in [-0.15, -0.1) is 0 Å². The number of methoxy groups -OCH3 is 3. The number of carbonyl (C=O) groups is 1. The lowest BCUT2D eigenvalue weighted by molar-refractivity contribution is -0.118. The molecule has 1 aliphatic heterocycles. The van der Waals surface area contributed by atoms with E-state index in [0.717, 1.165) is 5.56 Å². The first-order chi connectivity index (χ1) is 14.6. The average molecular weight is 407 g/mol. The van der Waals surface area contributed by atoms with Crippen molar-refractivity contribution in [2.75, 3.05) is 31.5 Å². The third-order valence-corrected chi connectivity index (χ3v) is 4.71. The van der Waals surface area contributed by atoms with Gasteiger partial charge in [0, 0.05) is 42.2 Å². The molecule has 0 fully saturated rings. The van der Waals surface area contributed by atoms with Crippen molar-refractivity contribution in [2.45, 2.75) is 12.8 Å². The summed E-state index contributed by atoms with van der Waals surface area (Å²) in [4.78, 5) is 27.5. The lowest BCUT2D eigenvalue weighted by Crippen LogP contribution is -2.32. The number of hydrogen-bond acceptors (Lipinski definition) is 8. The fraction of sp³-hybridized carbons (Fsp3) is 0.238. The summed E-state index contributed by atoms with van der Waals surface area (Å²) < 4.78 is 16.1. The highest BCUT2D eigenvalue weighted by Gasteiger charge is 2.28. The molecule has 0 radical (unpaired) electrons. The third kappa shape index (κ3) is 3.57. The van der Waals surface area contributed by atoms with Gasteiger partial charge in [-0.2, -0.15) is 4.98 Å². The number of rotatable bonds is 6. The molecule has 0 spiro atoms. The van der Waals surface area contributed by atoms with Crippen LogP contribution in [-0.2, 0) is 11.2 Å². The number of nitrogens with one attached hydrogen (secondary N) is 1. The maximum atomic E-state index is 12.6. The van der Waals surface area contributed by atoms with Crippen LogP contribution in [-0.4, -0.2) is 42.2 Å². The van der Waals surface area contributed by atoms with E-state index in [1.807, 2.05) is 6.07 Å². The van der Waals surface area contributed by atoms with Gasteiger partial charge in [-0.05, 0) is 18.6 Å². The summed E-state index contributed by atoms with van der Waals surface area (Å²) in [6.45, 7) is 0. The molecule has 0 atom stereocenters. The zero-order valence-corrected chi connectivity index (χ0v) is 16.9. The molecule has 0 saturated heterocycles. The minimum absolute atomic E-state index is 0.0568. The smallest absolute Gasteiger partial charge is 0.234 e. The van der Waals surface area contributed by atoms with Crippen molar-refractivity contribution in [3.05, 3.63) is 48.3 Å². The zero-order valence-electron chi connectivity index (χ0n) is 16.9. The van der Waals surface area contributed by atoms with Crippen molar-refractivity contribution in [3.63, 3.8) is 0 Å². The Morgan fingerprint density at radius 3 is 2.40 bits per heavy atom. The van der Waals surface area contributed by atoms with Crippen LogP contribution in [0, 0.1) is 0 Å². The van der Waals surface area contributed by atoms with Crippen LogP contribution in [0.3, 0.4) is 0 Å². The van der Waals surface area contributed by atoms with E-state index in [-0.39, 0.29) is 5.91 Å². The van der Waals surface area contributed by atoms with Crippen molar-refractivity contribution in [1.82, 2.24) is 15.0 Å². The van der Waals surface area contributed by atoms with Gasteiger partial charge in [0.05, 0.1) is 21.3 Å². The molecule has 1 N–H and O–H groups in total. The second kappa shape index (κ2) is 8.24. The molecule has 3 heterocycles. The maximum absolute atomic E-state index is 12.6. The number of anilines is 4. The molecule has 0 saturated carbocycles. The van der Waals surface area contributed by atoms with Gasteiger partial charge in [0.25, 0.3) is 0 Å². The van der Waals surface area contributed by atoms with Crippen LogP contribution < -0.4 is 24.4 Å². The largest absolute Gasteiger partial charge is 0.493 e. The normalized spacial score (nSPS) is 12.9.